The first kappa shape index (κ1) is 19.8. The lowest BCUT2D eigenvalue weighted by molar-refractivity contribution is -0.134. The second-order valence-corrected chi connectivity index (χ2v) is 7.58. The SMILES string of the molecule is CC(C)(C)OC(=O)Nc1cnc(CN2C(=O)CCC2O)nc1-c1ccccc1. The standard InChI is InChI=1S/C20H24N4O4/c1-20(2,3)28-19(27)22-14-11-21-15(12-24-16(25)9-10-17(24)26)23-18(14)13-7-5-4-6-8-13/h4-8,11,16,25H,9-10,12H2,1-3H3,(H,22,27). The Balaban J connectivity index is 1.89. The van der Waals surface area contributed by atoms with Gasteiger partial charge in [-0.2, -0.15) is 0 Å². The number of hydrogen-bond donors (Lipinski definition) is 2. The van der Waals surface area contributed by atoms with Gasteiger partial charge in [0.1, 0.15) is 17.7 Å². The van der Waals surface area contributed by atoms with Crippen molar-refractivity contribution in [3.63, 3.8) is 0 Å². The highest BCUT2D eigenvalue weighted by Gasteiger charge is 2.30. The zero-order valence-corrected chi connectivity index (χ0v) is 16.2. The van der Waals surface area contributed by atoms with Crippen LogP contribution in [0.25, 0.3) is 11.3 Å². The molecular formula is C20H24N4O4. The van der Waals surface area contributed by atoms with Crippen LogP contribution in [0.2, 0.25) is 0 Å². The number of aliphatic hydroxyl groups is 1. The Labute approximate surface area is 163 Å². The van der Waals surface area contributed by atoms with Crippen molar-refractivity contribution in [3.8, 4) is 11.3 Å². The number of benzene rings is 1. The lowest BCUT2D eigenvalue weighted by atomic mass is 10.1. The van der Waals surface area contributed by atoms with Crippen LogP contribution in [0.5, 0.6) is 0 Å². The molecule has 2 heterocycles. The topological polar surface area (TPSA) is 105 Å². The van der Waals surface area contributed by atoms with Gasteiger partial charge in [-0.05, 0) is 20.8 Å². The highest BCUT2D eigenvalue weighted by molar-refractivity contribution is 5.90. The van der Waals surface area contributed by atoms with Gasteiger partial charge in [-0.25, -0.2) is 14.8 Å². The maximum Gasteiger partial charge on any atom is 0.412 e. The Kier molecular flexibility index (Phi) is 5.60. The second kappa shape index (κ2) is 7.93. The van der Waals surface area contributed by atoms with Crippen LogP contribution in [0, 0.1) is 0 Å². The van der Waals surface area contributed by atoms with E-state index in [9.17, 15) is 14.7 Å². The van der Waals surface area contributed by atoms with Crippen LogP contribution in [0.4, 0.5) is 10.5 Å². The molecule has 1 aliphatic rings. The quantitative estimate of drug-likeness (QED) is 0.840. The molecule has 28 heavy (non-hydrogen) atoms. The van der Waals surface area contributed by atoms with Gasteiger partial charge in [0.15, 0.2) is 0 Å². The molecule has 8 heteroatoms. The molecule has 1 fully saturated rings. The summed E-state index contributed by atoms with van der Waals surface area (Å²) in [6.07, 6.45) is 0.775. The number of aromatic nitrogens is 2. The summed E-state index contributed by atoms with van der Waals surface area (Å²) in [6.45, 7) is 5.44. The summed E-state index contributed by atoms with van der Waals surface area (Å²) in [5.41, 5.74) is 1.06. The van der Waals surface area contributed by atoms with Crippen LogP contribution in [0.3, 0.4) is 0 Å². The van der Waals surface area contributed by atoms with Crippen molar-refractivity contribution in [2.45, 2.75) is 52.0 Å². The summed E-state index contributed by atoms with van der Waals surface area (Å²) in [4.78, 5) is 34.3. The van der Waals surface area contributed by atoms with Gasteiger partial charge in [0.2, 0.25) is 5.91 Å². The Hall–Kier alpha value is -3.00. The van der Waals surface area contributed by atoms with Crippen molar-refractivity contribution in [1.29, 1.82) is 0 Å². The van der Waals surface area contributed by atoms with E-state index in [4.69, 9.17) is 4.74 Å². The number of nitrogens with zero attached hydrogens (tertiary/aromatic N) is 3. The lowest BCUT2D eigenvalue weighted by Crippen LogP contribution is -2.33. The van der Waals surface area contributed by atoms with Crippen molar-refractivity contribution in [1.82, 2.24) is 14.9 Å². The number of anilines is 1. The summed E-state index contributed by atoms with van der Waals surface area (Å²) in [6, 6.07) is 9.33. The van der Waals surface area contributed by atoms with Crippen LogP contribution < -0.4 is 5.32 Å². The summed E-state index contributed by atoms with van der Waals surface area (Å²) in [7, 11) is 0. The number of amides is 2. The molecule has 1 aromatic heterocycles. The first-order chi connectivity index (χ1) is 13.2. The summed E-state index contributed by atoms with van der Waals surface area (Å²) < 4.78 is 5.31. The summed E-state index contributed by atoms with van der Waals surface area (Å²) in [5, 5.41) is 12.7. The van der Waals surface area contributed by atoms with E-state index in [0.29, 0.717) is 30.0 Å². The molecule has 0 bridgehead atoms. The average Bonchev–Trinajstić information content (AvgIpc) is 2.94. The molecule has 1 atom stereocenters. The van der Waals surface area contributed by atoms with Crippen molar-refractivity contribution in [3.05, 3.63) is 42.4 Å². The van der Waals surface area contributed by atoms with Crippen molar-refractivity contribution in [2.75, 3.05) is 5.32 Å². The molecule has 8 nitrogen and oxygen atoms in total. The van der Waals surface area contributed by atoms with Gasteiger partial charge in [0.05, 0.1) is 24.1 Å². The molecule has 0 aliphatic carbocycles. The minimum atomic E-state index is -0.823. The highest BCUT2D eigenvalue weighted by Crippen LogP contribution is 2.27. The monoisotopic (exact) mass is 384 g/mol. The van der Waals surface area contributed by atoms with Crippen LogP contribution in [0.15, 0.2) is 36.5 Å². The predicted molar refractivity (Wildman–Crippen MR) is 103 cm³/mol. The smallest absolute Gasteiger partial charge is 0.412 e. The van der Waals surface area contributed by atoms with Crippen LogP contribution in [-0.4, -0.2) is 43.8 Å². The number of nitrogens with one attached hydrogen (secondary N) is 1. The lowest BCUT2D eigenvalue weighted by Gasteiger charge is -2.21. The number of likely N-dealkylation sites (tertiary alicyclic amines) is 1. The highest BCUT2D eigenvalue weighted by atomic mass is 16.6. The number of ether oxygens (including phenoxy) is 1. The molecule has 148 valence electrons. The van der Waals surface area contributed by atoms with Crippen LogP contribution in [0.1, 0.15) is 39.4 Å². The molecule has 0 radical (unpaired) electrons. The molecule has 2 aromatic rings. The zero-order valence-electron chi connectivity index (χ0n) is 16.2. The molecule has 2 amide bonds. The zero-order chi connectivity index (χ0) is 20.3. The number of carbonyl (C=O) groups is 2. The third-order valence-corrected chi connectivity index (χ3v) is 4.13. The van der Waals surface area contributed by atoms with Gasteiger partial charge < -0.3 is 14.7 Å². The molecule has 2 N–H and O–H groups in total. The molecule has 1 saturated heterocycles. The van der Waals surface area contributed by atoms with E-state index in [-0.39, 0.29) is 12.5 Å². The third-order valence-electron chi connectivity index (χ3n) is 4.13. The van der Waals surface area contributed by atoms with Crippen LogP contribution in [-0.2, 0) is 16.1 Å². The van der Waals surface area contributed by atoms with E-state index in [2.05, 4.69) is 15.3 Å². The fraction of sp³-hybridized carbons (Fsp3) is 0.400. The van der Waals surface area contributed by atoms with E-state index < -0.39 is 17.9 Å². The fourth-order valence-corrected chi connectivity index (χ4v) is 2.88. The Bertz CT molecular complexity index is 864. The minimum Gasteiger partial charge on any atom is -0.444 e. The first-order valence-electron chi connectivity index (χ1n) is 9.12. The number of carbonyl (C=O) groups excluding carboxylic acids is 2. The molecular weight excluding hydrogens is 360 g/mol. The fourth-order valence-electron chi connectivity index (χ4n) is 2.88. The number of rotatable bonds is 4. The molecule has 1 aromatic carbocycles. The second-order valence-electron chi connectivity index (χ2n) is 7.58. The largest absolute Gasteiger partial charge is 0.444 e. The van der Waals surface area contributed by atoms with E-state index in [1.54, 1.807) is 20.8 Å². The van der Waals surface area contributed by atoms with Gasteiger partial charge in [-0.1, -0.05) is 30.3 Å². The van der Waals surface area contributed by atoms with Crippen molar-refractivity contribution >= 4 is 17.7 Å². The maximum absolute atomic E-state index is 12.2. The molecule has 1 unspecified atom stereocenters. The molecule has 0 spiro atoms. The Morgan fingerprint density at radius 3 is 2.64 bits per heavy atom. The Morgan fingerprint density at radius 2 is 2.04 bits per heavy atom. The predicted octanol–water partition coefficient (Wildman–Crippen LogP) is 2.93. The van der Waals surface area contributed by atoms with Gasteiger partial charge in [0.25, 0.3) is 0 Å². The van der Waals surface area contributed by atoms with Gasteiger partial charge in [-0.3, -0.25) is 10.1 Å². The summed E-state index contributed by atoms with van der Waals surface area (Å²) in [5.74, 6) is 0.246. The normalized spacial score (nSPS) is 16.9. The first-order valence-corrected chi connectivity index (χ1v) is 9.12. The van der Waals surface area contributed by atoms with Gasteiger partial charge in [0, 0.05) is 18.4 Å². The van der Waals surface area contributed by atoms with Crippen molar-refractivity contribution < 1.29 is 19.4 Å². The minimum absolute atomic E-state index is 0.104. The van der Waals surface area contributed by atoms with Crippen molar-refractivity contribution in [2.24, 2.45) is 0 Å². The third kappa shape index (κ3) is 4.83. The van der Waals surface area contributed by atoms with E-state index >= 15 is 0 Å². The van der Waals surface area contributed by atoms with Gasteiger partial charge >= 0.3 is 6.09 Å². The van der Waals surface area contributed by atoms with E-state index in [1.165, 1.54) is 11.1 Å². The van der Waals surface area contributed by atoms with Gasteiger partial charge in [-0.15, -0.1) is 0 Å². The van der Waals surface area contributed by atoms with E-state index in [0.717, 1.165) is 5.56 Å². The molecule has 0 saturated carbocycles. The number of aliphatic hydroxyl groups excluding tert-OH is 1. The summed E-state index contributed by atoms with van der Waals surface area (Å²) >= 11 is 0. The van der Waals surface area contributed by atoms with E-state index in [1.807, 2.05) is 30.3 Å². The molecule has 1 aliphatic heterocycles. The Morgan fingerprint density at radius 1 is 1.32 bits per heavy atom. The van der Waals surface area contributed by atoms with Crippen LogP contribution >= 0.6 is 0 Å². The number of hydrogen-bond acceptors (Lipinski definition) is 6. The maximum atomic E-state index is 12.2. The molecule has 3 rings (SSSR count). The average molecular weight is 384 g/mol.